The summed E-state index contributed by atoms with van der Waals surface area (Å²) in [7, 11) is 3.47. The van der Waals surface area contributed by atoms with Gasteiger partial charge in [-0.1, -0.05) is 27.2 Å². The predicted octanol–water partition coefficient (Wildman–Crippen LogP) is 4.32. The summed E-state index contributed by atoms with van der Waals surface area (Å²) < 4.78 is 20.3. The number of nitrogens with one attached hydrogen (secondary N) is 1. The highest BCUT2D eigenvalue weighted by Gasteiger charge is 2.22. The van der Waals surface area contributed by atoms with Crippen molar-refractivity contribution in [3.05, 3.63) is 45.4 Å². The Hall–Kier alpha value is -2.86. The topological polar surface area (TPSA) is 101 Å². The van der Waals surface area contributed by atoms with Crippen LogP contribution in [-0.2, 0) is 27.3 Å². The fraction of sp³-hybridized carbons (Fsp3) is 0.552. The molecule has 1 aromatic carbocycles. The van der Waals surface area contributed by atoms with Crippen molar-refractivity contribution in [3.8, 4) is 17.1 Å². The lowest BCUT2D eigenvalue weighted by molar-refractivity contribution is -0.146. The summed E-state index contributed by atoms with van der Waals surface area (Å²) >= 11 is 1.71. The first kappa shape index (κ1) is 31.7. The predicted molar refractivity (Wildman–Crippen MR) is 159 cm³/mol. The van der Waals surface area contributed by atoms with Crippen molar-refractivity contribution in [2.24, 2.45) is 0 Å². The summed E-state index contributed by atoms with van der Waals surface area (Å²) in [5.74, 6) is 0.668. The van der Waals surface area contributed by atoms with Gasteiger partial charge in [-0.25, -0.2) is 13.6 Å². The lowest BCUT2D eigenvalue weighted by Crippen LogP contribution is -2.40. The smallest absolute Gasteiger partial charge is 0.331 e. The van der Waals surface area contributed by atoms with E-state index in [1.165, 1.54) is 7.11 Å². The molecule has 3 aromatic rings. The van der Waals surface area contributed by atoms with Gasteiger partial charge >= 0.3 is 5.97 Å². The number of hydrogen-bond acceptors (Lipinski definition) is 9. The summed E-state index contributed by atoms with van der Waals surface area (Å²) in [6.07, 6.45) is 1.57. The third-order valence-corrected chi connectivity index (χ3v) is 7.74. The van der Waals surface area contributed by atoms with Gasteiger partial charge in [0.2, 0.25) is 0 Å². The Morgan fingerprint density at radius 1 is 1.15 bits per heavy atom. The maximum atomic E-state index is 13.4. The first-order valence-electron chi connectivity index (χ1n) is 14.0. The zero-order valence-electron chi connectivity index (χ0n) is 24.8. The number of fused-ring (bicyclic) bond motifs is 1. The van der Waals surface area contributed by atoms with Crippen LogP contribution in [-0.4, -0.2) is 83.3 Å². The number of aryl methyl sites for hydroxylation is 2. The second kappa shape index (κ2) is 15.2. The van der Waals surface area contributed by atoms with Crippen LogP contribution in [0.15, 0.2) is 27.9 Å². The van der Waals surface area contributed by atoms with E-state index < -0.39 is 5.97 Å². The van der Waals surface area contributed by atoms with Gasteiger partial charge in [-0.2, -0.15) is 0 Å². The zero-order chi connectivity index (χ0) is 29.2. The SMILES string of the molecule is CC.CCCc1c(COCC(=O)OC)c(C)c2c(=O)[nH]c(-c3cc(SN4CCN(C)CC4)ccc3OCC)nn12. The van der Waals surface area contributed by atoms with E-state index in [1.807, 2.05) is 45.9 Å². The van der Waals surface area contributed by atoms with Gasteiger partial charge in [-0.3, -0.25) is 4.79 Å². The van der Waals surface area contributed by atoms with Crippen LogP contribution in [0.4, 0.5) is 0 Å². The van der Waals surface area contributed by atoms with Gasteiger partial charge < -0.3 is 24.1 Å². The van der Waals surface area contributed by atoms with Crippen LogP contribution in [0.5, 0.6) is 5.75 Å². The van der Waals surface area contributed by atoms with E-state index in [-0.39, 0.29) is 18.8 Å². The third kappa shape index (κ3) is 7.45. The molecule has 1 aliphatic rings. The Morgan fingerprint density at radius 3 is 2.52 bits per heavy atom. The van der Waals surface area contributed by atoms with E-state index in [1.54, 1.807) is 16.5 Å². The average Bonchev–Trinajstić information content (AvgIpc) is 3.22. The molecule has 4 rings (SSSR count). The van der Waals surface area contributed by atoms with Gasteiger partial charge in [0.05, 0.1) is 25.9 Å². The number of hydrogen-bond donors (Lipinski definition) is 1. The molecular weight excluding hydrogens is 530 g/mol. The highest BCUT2D eigenvalue weighted by Crippen LogP contribution is 2.34. The Balaban J connectivity index is 0.00000216. The summed E-state index contributed by atoms with van der Waals surface area (Å²) in [4.78, 5) is 31.3. The Bertz CT molecular complexity index is 1330. The van der Waals surface area contributed by atoms with Crippen molar-refractivity contribution < 1.29 is 19.0 Å². The molecule has 0 saturated carbocycles. The lowest BCUT2D eigenvalue weighted by Gasteiger charge is -2.31. The number of rotatable bonds is 11. The van der Waals surface area contributed by atoms with Crippen LogP contribution in [0.25, 0.3) is 16.9 Å². The minimum Gasteiger partial charge on any atom is -0.493 e. The van der Waals surface area contributed by atoms with E-state index >= 15 is 0 Å². The van der Waals surface area contributed by atoms with Crippen molar-refractivity contribution in [1.82, 2.24) is 23.8 Å². The van der Waals surface area contributed by atoms with E-state index in [9.17, 15) is 9.59 Å². The molecule has 0 aliphatic carbocycles. The van der Waals surface area contributed by atoms with Crippen LogP contribution in [0.1, 0.15) is 50.9 Å². The van der Waals surface area contributed by atoms with Crippen LogP contribution in [0.3, 0.4) is 0 Å². The molecule has 0 unspecified atom stereocenters. The molecule has 10 nitrogen and oxygen atoms in total. The Morgan fingerprint density at radius 2 is 1.88 bits per heavy atom. The van der Waals surface area contributed by atoms with Gasteiger partial charge in [-0.15, -0.1) is 5.10 Å². The highest BCUT2D eigenvalue weighted by atomic mass is 32.2. The molecule has 11 heteroatoms. The van der Waals surface area contributed by atoms with Crippen molar-refractivity contribution in [1.29, 1.82) is 0 Å². The normalized spacial score (nSPS) is 14.2. The maximum Gasteiger partial charge on any atom is 0.331 e. The Labute approximate surface area is 241 Å². The van der Waals surface area contributed by atoms with Crippen LogP contribution in [0, 0.1) is 6.92 Å². The minimum absolute atomic E-state index is 0.155. The number of piperazine rings is 1. The van der Waals surface area contributed by atoms with E-state index in [0.29, 0.717) is 30.1 Å². The van der Waals surface area contributed by atoms with Crippen molar-refractivity contribution in [3.63, 3.8) is 0 Å². The molecule has 40 heavy (non-hydrogen) atoms. The van der Waals surface area contributed by atoms with Gasteiger partial charge in [0, 0.05) is 42.3 Å². The van der Waals surface area contributed by atoms with Crippen LogP contribution >= 0.6 is 11.9 Å². The number of methoxy groups -OCH3 is 1. The molecule has 1 N–H and O–H groups in total. The highest BCUT2D eigenvalue weighted by molar-refractivity contribution is 7.97. The van der Waals surface area contributed by atoms with Crippen molar-refractivity contribution >= 4 is 23.4 Å². The summed E-state index contributed by atoms with van der Waals surface area (Å²) in [5.41, 5.74) is 3.55. The van der Waals surface area contributed by atoms with E-state index in [4.69, 9.17) is 14.6 Å². The first-order valence-corrected chi connectivity index (χ1v) is 14.8. The summed E-state index contributed by atoms with van der Waals surface area (Å²) in [5, 5.41) is 4.91. The molecule has 0 amide bonds. The largest absolute Gasteiger partial charge is 0.493 e. The van der Waals surface area contributed by atoms with Crippen molar-refractivity contribution in [2.75, 3.05) is 53.6 Å². The number of nitrogens with zero attached hydrogens (tertiary/aromatic N) is 4. The third-order valence-electron chi connectivity index (χ3n) is 6.65. The second-order valence-corrected chi connectivity index (χ2v) is 10.5. The second-order valence-electron chi connectivity index (χ2n) is 9.35. The van der Waals surface area contributed by atoms with Gasteiger partial charge in [-0.05, 0) is 63.0 Å². The zero-order valence-corrected chi connectivity index (χ0v) is 25.7. The monoisotopic (exact) mass is 573 g/mol. The maximum absolute atomic E-state index is 13.4. The molecular formula is C29H43N5O5S. The minimum atomic E-state index is -0.445. The van der Waals surface area contributed by atoms with Crippen LogP contribution < -0.4 is 10.3 Å². The first-order chi connectivity index (χ1) is 19.4. The summed E-state index contributed by atoms with van der Waals surface area (Å²) in [6.45, 7) is 14.5. The molecule has 0 spiro atoms. The number of aromatic amines is 1. The molecule has 1 saturated heterocycles. The molecule has 1 fully saturated rings. The molecule has 2 aromatic heterocycles. The number of carbonyl (C=O) groups is 1. The number of benzene rings is 1. The van der Waals surface area contributed by atoms with Gasteiger partial charge in [0.15, 0.2) is 5.82 Å². The lowest BCUT2D eigenvalue weighted by atomic mass is 10.1. The number of aromatic nitrogens is 3. The quantitative estimate of drug-likeness (QED) is 0.265. The molecule has 1 aliphatic heterocycles. The van der Waals surface area contributed by atoms with E-state index in [2.05, 4.69) is 32.9 Å². The standard InChI is InChI=1S/C27H37N5O5S.C2H6/c1-6-8-22-21(16-36-17-24(33)35-5)18(3)25-27(34)28-26(29-32(22)25)20-15-19(9-10-23(20)37-7-2)38-31-13-11-30(4)12-14-31;1-2/h9-10,15H,6-8,11-14,16-17H2,1-5H3,(H,28,29,34);1-2H3. The number of likely N-dealkylation sites (N-methyl/N-ethyl adjacent to an activating group) is 1. The number of H-pyrrole nitrogens is 1. The molecule has 3 heterocycles. The fourth-order valence-electron chi connectivity index (χ4n) is 4.61. The van der Waals surface area contributed by atoms with Gasteiger partial charge in [0.1, 0.15) is 17.9 Å². The van der Waals surface area contributed by atoms with Crippen LogP contribution in [0.2, 0.25) is 0 Å². The molecule has 220 valence electrons. The number of ether oxygens (including phenoxy) is 3. The number of esters is 1. The number of carbonyl (C=O) groups excluding carboxylic acids is 1. The summed E-state index contributed by atoms with van der Waals surface area (Å²) in [6, 6.07) is 6.03. The van der Waals surface area contributed by atoms with Gasteiger partial charge in [0.25, 0.3) is 5.56 Å². The fourth-order valence-corrected chi connectivity index (χ4v) is 5.56. The Kier molecular flexibility index (Phi) is 12.1. The average molecular weight is 574 g/mol. The molecule has 0 atom stereocenters. The molecule has 0 radical (unpaired) electrons. The molecule has 0 bridgehead atoms. The van der Waals surface area contributed by atoms with Crippen molar-refractivity contribution in [2.45, 2.75) is 59.0 Å². The van der Waals surface area contributed by atoms with E-state index in [0.717, 1.165) is 59.9 Å².